The number of benzene rings is 8. The summed E-state index contributed by atoms with van der Waals surface area (Å²) in [6.07, 6.45) is 0. The molecule has 2 heterocycles. The summed E-state index contributed by atoms with van der Waals surface area (Å²) in [6, 6.07) is 66.2. The molecule has 0 aliphatic heterocycles. The van der Waals surface area contributed by atoms with Crippen molar-refractivity contribution in [1.29, 1.82) is 0 Å². The molecule has 0 spiro atoms. The number of hydrogen-bond donors (Lipinski definition) is 0. The predicted octanol–water partition coefficient (Wildman–Crippen LogP) is 13.4. The van der Waals surface area contributed by atoms with Gasteiger partial charge in [-0.15, -0.1) is 11.3 Å². The van der Waals surface area contributed by atoms with Crippen LogP contribution in [0.1, 0.15) is 0 Å². The molecular formula is C46H30N2S. The molecular weight excluding hydrogens is 613 g/mol. The maximum atomic E-state index is 2.38. The van der Waals surface area contributed by atoms with E-state index in [1.807, 2.05) is 11.3 Å². The SMILES string of the molecule is c1ccc2c(-c3ccc(N(c4ccc(-n5c6ccccc6c6ccccc65)cc4)c4ccc5sc6ccccc6c5c4)cc3)cccc2c1. The highest BCUT2D eigenvalue weighted by Gasteiger charge is 2.17. The van der Waals surface area contributed by atoms with Gasteiger partial charge in [0, 0.05) is 53.7 Å². The van der Waals surface area contributed by atoms with Crippen LogP contribution in [-0.2, 0) is 0 Å². The first-order valence-corrected chi connectivity index (χ1v) is 17.5. The molecule has 0 saturated heterocycles. The van der Waals surface area contributed by atoms with Crippen LogP contribution in [0.5, 0.6) is 0 Å². The van der Waals surface area contributed by atoms with E-state index in [4.69, 9.17) is 0 Å². The van der Waals surface area contributed by atoms with Crippen molar-refractivity contribution >= 4 is 81.1 Å². The van der Waals surface area contributed by atoms with Gasteiger partial charge in [-0.05, 0) is 94.7 Å². The van der Waals surface area contributed by atoms with Crippen LogP contribution in [0.2, 0.25) is 0 Å². The minimum Gasteiger partial charge on any atom is -0.310 e. The second-order valence-corrected chi connectivity index (χ2v) is 13.7. The van der Waals surface area contributed by atoms with Crippen LogP contribution in [0.4, 0.5) is 17.1 Å². The first-order chi connectivity index (χ1) is 24.3. The van der Waals surface area contributed by atoms with Crippen molar-refractivity contribution in [3.05, 3.63) is 182 Å². The van der Waals surface area contributed by atoms with Crippen molar-refractivity contribution < 1.29 is 0 Å². The van der Waals surface area contributed by atoms with E-state index >= 15 is 0 Å². The summed E-state index contributed by atoms with van der Waals surface area (Å²) in [4.78, 5) is 2.38. The van der Waals surface area contributed by atoms with E-state index in [9.17, 15) is 0 Å². The lowest BCUT2D eigenvalue weighted by Gasteiger charge is -2.26. The molecule has 0 atom stereocenters. The first kappa shape index (κ1) is 27.9. The van der Waals surface area contributed by atoms with Gasteiger partial charge in [-0.1, -0.05) is 109 Å². The highest BCUT2D eigenvalue weighted by Crippen LogP contribution is 2.42. The number of fused-ring (bicyclic) bond motifs is 7. The van der Waals surface area contributed by atoms with Crippen molar-refractivity contribution in [2.24, 2.45) is 0 Å². The highest BCUT2D eigenvalue weighted by atomic mass is 32.1. The molecule has 49 heavy (non-hydrogen) atoms. The molecule has 0 aliphatic carbocycles. The van der Waals surface area contributed by atoms with Crippen LogP contribution in [0.15, 0.2) is 182 Å². The summed E-state index contributed by atoms with van der Waals surface area (Å²) in [5.74, 6) is 0. The van der Waals surface area contributed by atoms with Crippen molar-refractivity contribution in [3.8, 4) is 16.8 Å². The van der Waals surface area contributed by atoms with Crippen LogP contribution in [0, 0.1) is 0 Å². The second-order valence-electron chi connectivity index (χ2n) is 12.6. The fraction of sp³-hybridized carbons (Fsp3) is 0. The molecule has 10 aromatic rings. The van der Waals surface area contributed by atoms with E-state index in [1.165, 1.54) is 63.9 Å². The zero-order valence-corrected chi connectivity index (χ0v) is 27.4. The lowest BCUT2D eigenvalue weighted by atomic mass is 9.98. The normalized spacial score (nSPS) is 11.7. The summed E-state index contributed by atoms with van der Waals surface area (Å²) >= 11 is 1.86. The molecule has 230 valence electrons. The molecule has 0 fully saturated rings. The maximum Gasteiger partial charge on any atom is 0.0541 e. The first-order valence-electron chi connectivity index (χ1n) is 16.7. The lowest BCUT2D eigenvalue weighted by molar-refractivity contribution is 1.17. The Labute approximate surface area is 288 Å². The predicted molar refractivity (Wildman–Crippen MR) is 211 cm³/mol. The van der Waals surface area contributed by atoms with Gasteiger partial charge in [0.25, 0.3) is 0 Å². The second kappa shape index (κ2) is 11.2. The van der Waals surface area contributed by atoms with Crippen molar-refractivity contribution in [2.75, 3.05) is 4.90 Å². The molecule has 10 rings (SSSR count). The molecule has 0 radical (unpaired) electrons. The summed E-state index contributed by atoms with van der Waals surface area (Å²) < 4.78 is 5.00. The molecule has 0 N–H and O–H groups in total. The van der Waals surface area contributed by atoms with Crippen LogP contribution < -0.4 is 4.90 Å². The average molecular weight is 643 g/mol. The minimum atomic E-state index is 1.11. The highest BCUT2D eigenvalue weighted by molar-refractivity contribution is 7.25. The number of thiophene rings is 1. The van der Waals surface area contributed by atoms with Crippen molar-refractivity contribution in [1.82, 2.24) is 4.57 Å². The van der Waals surface area contributed by atoms with Crippen LogP contribution >= 0.6 is 11.3 Å². The van der Waals surface area contributed by atoms with Gasteiger partial charge in [0.1, 0.15) is 0 Å². The van der Waals surface area contributed by atoms with Crippen LogP contribution in [0.3, 0.4) is 0 Å². The maximum absolute atomic E-state index is 2.38. The van der Waals surface area contributed by atoms with Gasteiger partial charge in [-0.2, -0.15) is 0 Å². The van der Waals surface area contributed by atoms with E-state index < -0.39 is 0 Å². The molecule has 3 heteroatoms. The topological polar surface area (TPSA) is 8.17 Å². The van der Waals surface area contributed by atoms with E-state index in [2.05, 4.69) is 191 Å². The monoisotopic (exact) mass is 642 g/mol. The molecule has 8 aromatic carbocycles. The van der Waals surface area contributed by atoms with Gasteiger partial charge in [-0.25, -0.2) is 0 Å². The van der Waals surface area contributed by atoms with Gasteiger partial charge in [-0.3, -0.25) is 0 Å². The Kier molecular flexibility index (Phi) is 6.39. The van der Waals surface area contributed by atoms with E-state index in [0.717, 1.165) is 22.7 Å². The third-order valence-corrected chi connectivity index (χ3v) is 10.9. The van der Waals surface area contributed by atoms with Crippen molar-refractivity contribution in [3.63, 3.8) is 0 Å². The summed E-state index contributed by atoms with van der Waals surface area (Å²) in [6.45, 7) is 0. The molecule has 0 bridgehead atoms. The number of aromatic nitrogens is 1. The standard InChI is InChI=1S/C46H30N2S/c1-2-12-37-31(10-1)11-9-16-38(37)32-20-22-33(23-21-32)47(36-28-29-46-42(30-36)41-15-5-8-19-45(41)49-46)34-24-26-35(27-25-34)48-43-17-6-3-13-39(43)40-14-4-7-18-44(40)48/h1-30H. The summed E-state index contributed by atoms with van der Waals surface area (Å²) in [5.41, 5.74) is 9.40. The van der Waals surface area contributed by atoms with Crippen molar-refractivity contribution in [2.45, 2.75) is 0 Å². The van der Waals surface area contributed by atoms with Gasteiger partial charge >= 0.3 is 0 Å². The molecule has 0 saturated carbocycles. The van der Waals surface area contributed by atoms with E-state index in [1.54, 1.807) is 0 Å². The number of rotatable bonds is 5. The largest absolute Gasteiger partial charge is 0.310 e. The fourth-order valence-electron chi connectivity index (χ4n) is 7.52. The zero-order valence-electron chi connectivity index (χ0n) is 26.6. The molecule has 0 aliphatic rings. The Morgan fingerprint density at radius 1 is 0.388 bits per heavy atom. The van der Waals surface area contributed by atoms with Gasteiger partial charge in [0.2, 0.25) is 0 Å². The Hall–Kier alpha value is -6.16. The van der Waals surface area contributed by atoms with E-state index in [-0.39, 0.29) is 0 Å². The third kappa shape index (κ3) is 4.55. The molecule has 0 amide bonds. The average Bonchev–Trinajstić information content (AvgIpc) is 3.71. The molecule has 0 unspecified atom stereocenters. The Morgan fingerprint density at radius 3 is 1.67 bits per heavy atom. The number of para-hydroxylation sites is 2. The number of hydrogen-bond acceptors (Lipinski definition) is 2. The lowest BCUT2D eigenvalue weighted by Crippen LogP contribution is -2.10. The van der Waals surface area contributed by atoms with Crippen LogP contribution in [0.25, 0.3) is 69.6 Å². The number of nitrogens with zero attached hydrogens (tertiary/aromatic N) is 2. The summed E-state index contributed by atoms with van der Waals surface area (Å²) in [7, 11) is 0. The van der Waals surface area contributed by atoms with Gasteiger partial charge in [0.05, 0.1) is 11.0 Å². The third-order valence-electron chi connectivity index (χ3n) is 9.79. The van der Waals surface area contributed by atoms with Crippen LogP contribution in [-0.4, -0.2) is 4.57 Å². The summed E-state index contributed by atoms with van der Waals surface area (Å²) in [5, 5.41) is 7.66. The molecule has 2 aromatic heterocycles. The van der Waals surface area contributed by atoms with E-state index in [0.29, 0.717) is 0 Å². The quantitative estimate of drug-likeness (QED) is 0.181. The Bertz CT molecular complexity index is 2760. The fourth-order valence-corrected chi connectivity index (χ4v) is 8.61. The Morgan fingerprint density at radius 2 is 0.939 bits per heavy atom. The zero-order chi connectivity index (χ0) is 32.3. The Balaban J connectivity index is 1.12. The molecule has 2 nitrogen and oxygen atoms in total. The van der Waals surface area contributed by atoms with Gasteiger partial charge < -0.3 is 9.47 Å². The smallest absolute Gasteiger partial charge is 0.0541 e. The van der Waals surface area contributed by atoms with Gasteiger partial charge in [0.15, 0.2) is 0 Å². The number of anilines is 3. The minimum absolute atomic E-state index is 1.11.